The molecule has 0 aromatic carbocycles. The Labute approximate surface area is 153 Å². The molecule has 5 nitrogen and oxygen atoms in total. The Morgan fingerprint density at radius 3 is 2.08 bits per heavy atom. The molecular formula is C20H37N3O2. The molecule has 0 aliphatic carbocycles. The number of carbonyl (C=O) groups is 1. The SMILES string of the molecule is CCCCCCCCCCCCCC1=NC=C[N+]1(CC(=O)[O-])C(C)N. The van der Waals surface area contributed by atoms with Gasteiger partial charge in [-0.3, -0.25) is 5.73 Å². The topological polar surface area (TPSA) is 78.5 Å². The number of rotatable bonds is 15. The Balaban J connectivity index is 2.16. The number of carboxylic acid groups (broad SMARTS) is 1. The Bertz CT molecular complexity index is 446. The van der Waals surface area contributed by atoms with Crippen LogP contribution in [0.3, 0.4) is 0 Å². The normalized spacial score (nSPS) is 20.7. The van der Waals surface area contributed by atoms with Crippen molar-refractivity contribution in [3.63, 3.8) is 0 Å². The van der Waals surface area contributed by atoms with Gasteiger partial charge < -0.3 is 9.90 Å². The number of unbranched alkanes of at least 4 members (excludes halogenated alkanes) is 10. The first-order chi connectivity index (χ1) is 12.0. The van der Waals surface area contributed by atoms with Crippen molar-refractivity contribution < 1.29 is 14.4 Å². The van der Waals surface area contributed by atoms with E-state index in [0.717, 1.165) is 18.7 Å². The zero-order valence-electron chi connectivity index (χ0n) is 16.2. The Hall–Kier alpha value is -1.20. The van der Waals surface area contributed by atoms with E-state index in [0.29, 0.717) is 0 Å². The van der Waals surface area contributed by atoms with Crippen LogP contribution in [-0.2, 0) is 4.79 Å². The van der Waals surface area contributed by atoms with E-state index < -0.39 is 5.97 Å². The average molecular weight is 352 g/mol. The third-order valence-electron chi connectivity index (χ3n) is 5.16. The molecule has 25 heavy (non-hydrogen) atoms. The lowest BCUT2D eigenvalue weighted by Gasteiger charge is -2.36. The largest absolute Gasteiger partial charge is 0.544 e. The first-order valence-electron chi connectivity index (χ1n) is 10.1. The van der Waals surface area contributed by atoms with Crippen molar-refractivity contribution in [1.29, 1.82) is 0 Å². The van der Waals surface area contributed by atoms with Gasteiger partial charge in [0.1, 0.15) is 18.9 Å². The summed E-state index contributed by atoms with van der Waals surface area (Å²) in [5.74, 6) is -0.231. The predicted octanol–water partition coefficient (Wildman–Crippen LogP) is 3.44. The summed E-state index contributed by atoms with van der Waals surface area (Å²) >= 11 is 0. The number of quaternary nitrogens is 1. The predicted molar refractivity (Wildman–Crippen MR) is 101 cm³/mol. The lowest BCUT2D eigenvalue weighted by atomic mass is 10.0. The number of hydrogen-bond donors (Lipinski definition) is 1. The molecule has 1 aliphatic heterocycles. The molecule has 0 fully saturated rings. The summed E-state index contributed by atoms with van der Waals surface area (Å²) in [5, 5.41) is 11.1. The minimum Gasteiger partial charge on any atom is -0.544 e. The molecule has 0 amide bonds. The summed E-state index contributed by atoms with van der Waals surface area (Å²) < 4.78 is 0.111. The van der Waals surface area contributed by atoms with Gasteiger partial charge in [0.2, 0.25) is 5.84 Å². The Morgan fingerprint density at radius 2 is 1.60 bits per heavy atom. The molecule has 0 saturated carbocycles. The van der Waals surface area contributed by atoms with Crippen LogP contribution in [0.15, 0.2) is 17.4 Å². The van der Waals surface area contributed by atoms with Gasteiger partial charge >= 0.3 is 0 Å². The van der Waals surface area contributed by atoms with Crippen molar-refractivity contribution in [3.05, 3.63) is 12.4 Å². The molecule has 2 unspecified atom stereocenters. The van der Waals surface area contributed by atoms with Gasteiger partial charge in [-0.15, -0.1) is 0 Å². The van der Waals surface area contributed by atoms with Crippen LogP contribution < -0.4 is 10.8 Å². The monoisotopic (exact) mass is 351 g/mol. The van der Waals surface area contributed by atoms with Gasteiger partial charge in [-0.1, -0.05) is 71.1 Å². The van der Waals surface area contributed by atoms with Gasteiger partial charge in [0.15, 0.2) is 0 Å². The molecule has 0 saturated heterocycles. The van der Waals surface area contributed by atoms with Crippen LogP contribution in [0.5, 0.6) is 0 Å². The Kier molecular flexibility index (Phi) is 10.7. The van der Waals surface area contributed by atoms with Gasteiger partial charge in [-0.05, 0) is 6.42 Å². The van der Waals surface area contributed by atoms with Crippen molar-refractivity contribution in [2.45, 2.75) is 97.1 Å². The summed E-state index contributed by atoms with van der Waals surface area (Å²) in [6.07, 6.45) is 18.2. The van der Waals surface area contributed by atoms with Crippen molar-refractivity contribution in [1.82, 2.24) is 0 Å². The number of amidine groups is 1. The molecule has 1 rings (SSSR count). The summed E-state index contributed by atoms with van der Waals surface area (Å²) in [5.41, 5.74) is 6.05. The maximum absolute atomic E-state index is 11.1. The van der Waals surface area contributed by atoms with Gasteiger partial charge in [0.25, 0.3) is 0 Å². The molecule has 0 radical (unpaired) electrons. The molecule has 0 aromatic rings. The number of nitrogens with two attached hydrogens (primary N) is 1. The van der Waals surface area contributed by atoms with Crippen LogP contribution in [0.1, 0.15) is 90.9 Å². The van der Waals surface area contributed by atoms with Crippen molar-refractivity contribution in [2.24, 2.45) is 10.7 Å². The second kappa shape index (κ2) is 12.2. The molecule has 1 heterocycles. The zero-order valence-corrected chi connectivity index (χ0v) is 16.2. The molecule has 144 valence electrons. The van der Waals surface area contributed by atoms with E-state index in [-0.39, 0.29) is 17.2 Å². The highest BCUT2D eigenvalue weighted by Crippen LogP contribution is 2.23. The van der Waals surface area contributed by atoms with Gasteiger partial charge in [0, 0.05) is 13.3 Å². The van der Waals surface area contributed by atoms with Crippen molar-refractivity contribution in [2.75, 3.05) is 6.54 Å². The number of aliphatic imine (C=N–C) groups is 1. The van der Waals surface area contributed by atoms with Crippen LogP contribution in [-0.4, -0.2) is 29.0 Å². The number of carbonyl (C=O) groups excluding carboxylic acids is 1. The van der Waals surface area contributed by atoms with E-state index in [4.69, 9.17) is 5.73 Å². The molecule has 2 atom stereocenters. The Morgan fingerprint density at radius 1 is 1.08 bits per heavy atom. The fourth-order valence-corrected chi connectivity index (χ4v) is 3.52. The molecule has 2 N–H and O–H groups in total. The number of hydrogen-bond acceptors (Lipinski definition) is 4. The summed E-state index contributed by atoms with van der Waals surface area (Å²) in [4.78, 5) is 15.5. The van der Waals surface area contributed by atoms with E-state index in [2.05, 4.69) is 11.9 Å². The van der Waals surface area contributed by atoms with Crippen molar-refractivity contribution in [3.8, 4) is 0 Å². The number of carboxylic acids is 1. The van der Waals surface area contributed by atoms with Crippen LogP contribution in [0, 0.1) is 0 Å². The quantitative estimate of drug-likeness (QED) is 0.362. The lowest BCUT2D eigenvalue weighted by Crippen LogP contribution is -2.60. The fourth-order valence-electron chi connectivity index (χ4n) is 3.52. The molecular weight excluding hydrogens is 314 g/mol. The standard InChI is InChI=1S/C20H37N3O2/c1-3-4-5-6-7-8-9-10-11-12-13-14-19-22-15-16-23(19,18(2)21)17-20(24)25/h15-16,18H,3-14,17,21H2,1-2H3. The molecule has 0 spiro atoms. The number of aliphatic carboxylic acids is 1. The van der Waals surface area contributed by atoms with Crippen LogP contribution in [0.2, 0.25) is 0 Å². The van der Waals surface area contributed by atoms with Crippen LogP contribution >= 0.6 is 0 Å². The van der Waals surface area contributed by atoms with E-state index in [1.807, 2.05) is 6.92 Å². The van der Waals surface area contributed by atoms with E-state index >= 15 is 0 Å². The molecule has 1 aliphatic rings. The highest BCUT2D eigenvalue weighted by atomic mass is 16.4. The number of nitrogens with zero attached hydrogens (tertiary/aromatic N) is 2. The molecule has 5 heteroatoms. The van der Waals surface area contributed by atoms with Gasteiger partial charge in [-0.2, -0.15) is 0 Å². The lowest BCUT2D eigenvalue weighted by molar-refractivity contribution is -0.808. The van der Waals surface area contributed by atoms with E-state index in [9.17, 15) is 9.90 Å². The first kappa shape index (κ1) is 21.8. The molecule has 0 bridgehead atoms. The third kappa shape index (κ3) is 7.70. The summed E-state index contributed by atoms with van der Waals surface area (Å²) in [6, 6.07) is 0. The highest BCUT2D eigenvalue weighted by molar-refractivity contribution is 5.81. The van der Waals surface area contributed by atoms with Gasteiger partial charge in [-0.25, -0.2) is 9.48 Å². The van der Waals surface area contributed by atoms with Crippen molar-refractivity contribution >= 4 is 11.8 Å². The smallest absolute Gasteiger partial charge is 0.209 e. The van der Waals surface area contributed by atoms with Crippen LogP contribution in [0.4, 0.5) is 0 Å². The molecule has 0 aromatic heterocycles. The first-order valence-corrected chi connectivity index (χ1v) is 10.1. The fraction of sp³-hybridized carbons (Fsp3) is 0.800. The summed E-state index contributed by atoms with van der Waals surface area (Å²) in [6.45, 7) is 3.95. The van der Waals surface area contributed by atoms with Gasteiger partial charge in [0.05, 0.1) is 12.2 Å². The summed E-state index contributed by atoms with van der Waals surface area (Å²) in [7, 11) is 0. The maximum Gasteiger partial charge on any atom is 0.209 e. The minimum absolute atomic E-state index is 0.111. The zero-order chi connectivity index (χ0) is 18.5. The second-order valence-electron chi connectivity index (χ2n) is 7.33. The highest BCUT2D eigenvalue weighted by Gasteiger charge is 2.38. The maximum atomic E-state index is 11.1. The van der Waals surface area contributed by atoms with E-state index in [1.165, 1.54) is 64.2 Å². The average Bonchev–Trinajstić information content (AvgIpc) is 2.96. The van der Waals surface area contributed by atoms with Crippen LogP contribution in [0.25, 0.3) is 0 Å². The third-order valence-corrected chi connectivity index (χ3v) is 5.16. The second-order valence-corrected chi connectivity index (χ2v) is 7.33. The minimum atomic E-state index is -1.09. The van der Waals surface area contributed by atoms with E-state index in [1.54, 1.807) is 12.4 Å².